The van der Waals surface area contributed by atoms with Crippen molar-refractivity contribution in [2.75, 3.05) is 0 Å². The number of hydrogen-bond donors (Lipinski definition) is 0. The van der Waals surface area contributed by atoms with E-state index in [-0.39, 0.29) is 72.4 Å². The second-order valence-electron chi connectivity index (χ2n) is 0. The summed E-state index contributed by atoms with van der Waals surface area (Å²) in [6.45, 7) is 0. The van der Waals surface area contributed by atoms with E-state index in [1.54, 1.807) is 0 Å². The van der Waals surface area contributed by atoms with Crippen LogP contribution in [0.5, 0.6) is 0 Å². The quantitative estimate of drug-likeness (QED) is 0.576. The van der Waals surface area contributed by atoms with Crippen LogP contribution >= 0.6 is 16.4 Å². The Morgan fingerprint density at radius 1 is 1.25 bits per heavy atom. The van der Waals surface area contributed by atoms with Crippen molar-refractivity contribution in [2.24, 2.45) is 0 Å². The molecular formula is BrEuFMg. The number of rotatable bonds is 0. The van der Waals surface area contributed by atoms with Crippen LogP contribution in [0.15, 0.2) is 0 Å². The Balaban J connectivity index is -0.00000000500. The zero-order valence-corrected chi connectivity index (χ0v) is 7.27. The molecule has 0 aromatic heterocycles. The van der Waals surface area contributed by atoms with E-state index in [9.17, 15) is 3.56 Å². The van der Waals surface area contributed by atoms with E-state index < -0.39 is 0 Å². The van der Waals surface area contributed by atoms with Gasteiger partial charge in [-0.25, -0.2) is 0 Å². The summed E-state index contributed by atoms with van der Waals surface area (Å²) >= 11 is 1.44. The average Bonchev–Trinajstić information content (AvgIpc) is 1.00. The molecule has 23 valence electrons. The Bertz CT molecular complexity index is 8.00. The molecule has 0 saturated heterocycles. The maximum atomic E-state index is 9.31. The summed E-state index contributed by atoms with van der Waals surface area (Å²) in [4.78, 5) is 0. The third kappa shape index (κ3) is 8.83. The van der Waals surface area contributed by atoms with Gasteiger partial charge in [0.2, 0.25) is 0 Å². The van der Waals surface area contributed by atoms with Crippen molar-refractivity contribution < 1.29 is 52.9 Å². The topological polar surface area (TPSA) is 0 Å². The Labute approximate surface area is 90.2 Å². The van der Waals surface area contributed by atoms with Gasteiger partial charge in [0, 0.05) is 72.4 Å². The maximum Gasteiger partial charge on any atom is 0.158 e. The molecule has 0 rings (SSSR count). The van der Waals surface area contributed by atoms with Crippen molar-refractivity contribution in [1.29, 1.82) is 0 Å². The van der Waals surface area contributed by atoms with Crippen LogP contribution in [-0.2, 0) is 0 Å². The van der Waals surface area contributed by atoms with Gasteiger partial charge in [-0.1, -0.05) is 0 Å². The van der Waals surface area contributed by atoms with Gasteiger partial charge < -0.3 is 0 Å². The molecule has 0 heterocycles. The summed E-state index contributed by atoms with van der Waals surface area (Å²) in [6, 6.07) is 0. The molecule has 0 unspecified atom stereocenters. The Hall–Kier alpha value is 2.76. The van der Waals surface area contributed by atoms with Crippen molar-refractivity contribution in [3.8, 4) is 0 Å². The molecule has 0 aliphatic heterocycles. The van der Waals surface area contributed by atoms with Gasteiger partial charge in [-0.3, -0.25) is 0 Å². The standard InChI is InChI=1S/BrF.Eu.Mg/c1-2;;. The fourth-order valence-electron chi connectivity index (χ4n) is 0. The first kappa shape index (κ1) is 15.9. The zero-order chi connectivity index (χ0) is 2.00. The van der Waals surface area contributed by atoms with Crippen LogP contribution in [0.2, 0.25) is 0 Å². The fraction of sp³-hybridized carbons (Fsp3) is 0. The third-order valence-corrected chi connectivity index (χ3v) is 0. The van der Waals surface area contributed by atoms with Gasteiger partial charge in [0.15, 0.2) is 16.4 Å². The summed E-state index contributed by atoms with van der Waals surface area (Å²) in [5.74, 6) is 0. The van der Waals surface area contributed by atoms with Crippen LogP contribution in [0, 0.1) is 49.4 Å². The van der Waals surface area contributed by atoms with Gasteiger partial charge >= 0.3 is 0 Å². The van der Waals surface area contributed by atoms with Crippen molar-refractivity contribution in [3.05, 3.63) is 0 Å². The average molecular weight is 275 g/mol. The van der Waals surface area contributed by atoms with Crippen LogP contribution in [0.25, 0.3) is 0 Å². The predicted octanol–water partition coefficient (Wildman–Crippen LogP) is 0.885. The van der Waals surface area contributed by atoms with Crippen LogP contribution in [0.4, 0.5) is 3.56 Å². The van der Waals surface area contributed by atoms with Crippen molar-refractivity contribution in [2.45, 2.75) is 0 Å². The van der Waals surface area contributed by atoms with E-state index in [2.05, 4.69) is 0 Å². The first-order chi connectivity index (χ1) is 1.00. The van der Waals surface area contributed by atoms with E-state index in [0.717, 1.165) is 0 Å². The first-order valence-electron chi connectivity index (χ1n) is 0.143. The third-order valence-electron chi connectivity index (χ3n) is 0. The van der Waals surface area contributed by atoms with Crippen LogP contribution in [-0.4, -0.2) is 23.1 Å². The molecule has 4 heteroatoms. The Morgan fingerprint density at radius 2 is 1.25 bits per heavy atom. The van der Waals surface area contributed by atoms with Crippen LogP contribution in [0.3, 0.4) is 0 Å². The minimum Gasteiger partial charge on any atom is -0.158 e. The van der Waals surface area contributed by atoms with Crippen molar-refractivity contribution in [1.82, 2.24) is 0 Å². The minimum absolute atomic E-state index is 0. The largest absolute Gasteiger partial charge is 0.158 e. The van der Waals surface area contributed by atoms with Gasteiger partial charge in [0.05, 0.1) is 0 Å². The van der Waals surface area contributed by atoms with Gasteiger partial charge in [0.25, 0.3) is 0 Å². The molecule has 0 N–H and O–H groups in total. The van der Waals surface area contributed by atoms with Crippen molar-refractivity contribution >= 4 is 39.4 Å². The molecule has 0 aliphatic rings. The van der Waals surface area contributed by atoms with Gasteiger partial charge in [-0.15, -0.1) is 0 Å². The minimum atomic E-state index is 0. The maximum absolute atomic E-state index is 9.31. The Kier molecular flexibility index (Phi) is 67.9. The summed E-state index contributed by atoms with van der Waals surface area (Å²) < 4.78 is 9.31. The van der Waals surface area contributed by atoms with E-state index in [4.69, 9.17) is 0 Å². The van der Waals surface area contributed by atoms with Crippen LogP contribution in [0.1, 0.15) is 0 Å². The molecule has 0 nitrogen and oxygen atoms in total. The zero-order valence-electron chi connectivity index (χ0n) is 1.84. The van der Waals surface area contributed by atoms with Gasteiger partial charge in [-0.05, 0) is 0 Å². The molecule has 0 bridgehead atoms. The first-order valence-corrected chi connectivity index (χ1v) is 0.742. The molecule has 0 spiro atoms. The molecule has 0 fully saturated rings. The molecule has 4 heavy (non-hydrogen) atoms. The van der Waals surface area contributed by atoms with E-state index >= 15 is 0 Å². The molecule has 0 aromatic rings. The number of halogens is 2. The summed E-state index contributed by atoms with van der Waals surface area (Å²) in [7, 11) is 0. The normalized spacial score (nSPS) is 1.50. The fourth-order valence-corrected chi connectivity index (χ4v) is 0. The van der Waals surface area contributed by atoms with Crippen molar-refractivity contribution in [3.63, 3.8) is 0 Å². The summed E-state index contributed by atoms with van der Waals surface area (Å²) in [5.41, 5.74) is 0. The second kappa shape index (κ2) is 17.1. The smallest absolute Gasteiger partial charge is 0.158 e. The predicted molar refractivity (Wildman–Crippen MR) is 15.8 cm³/mol. The molecule has 0 amide bonds. The molecular weight excluding hydrogens is 275 g/mol. The van der Waals surface area contributed by atoms with Crippen LogP contribution < -0.4 is 0 Å². The van der Waals surface area contributed by atoms with E-state index in [0.29, 0.717) is 0 Å². The molecule has 0 atom stereocenters. The molecule has 3 radical (unpaired) electrons. The molecule has 0 aliphatic carbocycles. The molecule has 0 aromatic carbocycles. The van der Waals surface area contributed by atoms with Gasteiger partial charge in [0.1, 0.15) is 0 Å². The number of hydrogen-bond acceptors (Lipinski definition) is 0. The Morgan fingerprint density at radius 3 is 1.25 bits per heavy atom. The summed E-state index contributed by atoms with van der Waals surface area (Å²) in [6.07, 6.45) is 0. The second-order valence-corrected chi connectivity index (χ2v) is 0. The van der Waals surface area contributed by atoms with E-state index in [1.165, 1.54) is 16.4 Å². The molecule has 0 saturated carbocycles. The van der Waals surface area contributed by atoms with Gasteiger partial charge in [-0.2, -0.15) is 3.56 Å². The SMILES string of the molecule is FBr.[Eu].[Mg]. The monoisotopic (exact) mass is 275 g/mol. The van der Waals surface area contributed by atoms with E-state index in [1.807, 2.05) is 0 Å². The summed E-state index contributed by atoms with van der Waals surface area (Å²) in [5, 5.41) is 0.